The summed E-state index contributed by atoms with van der Waals surface area (Å²) in [5.74, 6) is 0. The van der Waals surface area contributed by atoms with Crippen LogP contribution in [0.15, 0.2) is 48.5 Å². The van der Waals surface area contributed by atoms with E-state index < -0.39 is 11.7 Å². The van der Waals surface area contributed by atoms with Crippen LogP contribution in [0.4, 0.5) is 18.9 Å². The fourth-order valence-corrected chi connectivity index (χ4v) is 2.38. The molecule has 0 bridgehead atoms. The highest BCUT2D eigenvalue weighted by Crippen LogP contribution is 2.31. The van der Waals surface area contributed by atoms with Crippen LogP contribution in [-0.2, 0) is 6.18 Å². The quantitative estimate of drug-likeness (QED) is 0.552. The molecule has 0 aliphatic carbocycles. The SMILES string of the molecule is CN(CCC#N)c1ccc(/C=C(\C#N)c2cccc(C(F)(F)F)c2)cc1. The van der Waals surface area contributed by atoms with Gasteiger partial charge in [0, 0.05) is 19.3 Å². The van der Waals surface area contributed by atoms with Gasteiger partial charge in [-0.1, -0.05) is 24.3 Å². The third-order valence-electron chi connectivity index (χ3n) is 3.83. The topological polar surface area (TPSA) is 50.8 Å². The molecule has 132 valence electrons. The zero-order chi connectivity index (χ0) is 19.2. The number of alkyl halides is 3. The molecule has 0 unspecified atom stereocenters. The second kappa shape index (κ2) is 8.22. The van der Waals surface area contributed by atoms with Crippen LogP contribution in [0.5, 0.6) is 0 Å². The van der Waals surface area contributed by atoms with Gasteiger partial charge in [-0.05, 0) is 41.5 Å². The molecule has 0 aliphatic heterocycles. The minimum Gasteiger partial charge on any atom is -0.374 e. The highest BCUT2D eigenvalue weighted by atomic mass is 19.4. The lowest BCUT2D eigenvalue weighted by atomic mass is 10.0. The van der Waals surface area contributed by atoms with Crippen LogP contribution in [0.3, 0.4) is 0 Å². The molecule has 0 spiro atoms. The second-order valence-electron chi connectivity index (χ2n) is 5.67. The number of nitriles is 2. The zero-order valence-electron chi connectivity index (χ0n) is 14.1. The van der Waals surface area contributed by atoms with E-state index in [4.69, 9.17) is 5.26 Å². The van der Waals surface area contributed by atoms with Gasteiger partial charge in [0.1, 0.15) is 0 Å². The molecule has 0 N–H and O–H groups in total. The van der Waals surface area contributed by atoms with Gasteiger partial charge >= 0.3 is 6.18 Å². The number of anilines is 1. The summed E-state index contributed by atoms with van der Waals surface area (Å²) < 4.78 is 38.5. The standard InChI is InChI=1S/C20H16F3N3/c1-26(11-3-10-24)19-8-6-15(7-9-19)12-17(14-25)16-4-2-5-18(13-16)20(21,22)23/h2,4-9,12-13H,3,11H2,1H3/b17-12+. The van der Waals surface area contributed by atoms with Crippen LogP contribution in [0, 0.1) is 22.7 Å². The monoisotopic (exact) mass is 355 g/mol. The van der Waals surface area contributed by atoms with Gasteiger partial charge in [0.25, 0.3) is 0 Å². The van der Waals surface area contributed by atoms with Gasteiger partial charge in [-0.2, -0.15) is 23.7 Å². The molecule has 6 heteroatoms. The molecule has 2 aromatic rings. The lowest BCUT2D eigenvalue weighted by Gasteiger charge is -2.17. The Labute approximate surface area is 150 Å². The number of hydrogen-bond acceptors (Lipinski definition) is 3. The van der Waals surface area contributed by atoms with Crippen molar-refractivity contribution in [1.82, 2.24) is 0 Å². The van der Waals surface area contributed by atoms with Crippen molar-refractivity contribution in [1.29, 1.82) is 10.5 Å². The third-order valence-corrected chi connectivity index (χ3v) is 3.83. The van der Waals surface area contributed by atoms with Crippen molar-refractivity contribution in [2.45, 2.75) is 12.6 Å². The minimum atomic E-state index is -4.45. The number of halogens is 3. The second-order valence-corrected chi connectivity index (χ2v) is 5.67. The van der Waals surface area contributed by atoms with E-state index in [1.54, 1.807) is 18.2 Å². The van der Waals surface area contributed by atoms with Crippen LogP contribution >= 0.6 is 0 Å². The Morgan fingerprint density at radius 2 is 1.81 bits per heavy atom. The Morgan fingerprint density at radius 1 is 1.12 bits per heavy atom. The van der Waals surface area contributed by atoms with Gasteiger partial charge in [0.15, 0.2) is 0 Å². The summed E-state index contributed by atoms with van der Waals surface area (Å²) in [6, 6.07) is 16.0. The first-order valence-corrected chi connectivity index (χ1v) is 7.82. The molecule has 0 atom stereocenters. The predicted molar refractivity (Wildman–Crippen MR) is 94.9 cm³/mol. The van der Waals surface area contributed by atoms with Crippen molar-refractivity contribution in [3.8, 4) is 12.1 Å². The smallest absolute Gasteiger partial charge is 0.374 e. The Bertz CT molecular complexity index is 869. The van der Waals surface area contributed by atoms with Gasteiger partial charge in [-0.25, -0.2) is 0 Å². The molecule has 0 fully saturated rings. The van der Waals surface area contributed by atoms with Crippen LogP contribution in [0.2, 0.25) is 0 Å². The lowest BCUT2D eigenvalue weighted by Crippen LogP contribution is -2.17. The normalized spacial score (nSPS) is 11.5. The van der Waals surface area contributed by atoms with Crippen LogP contribution in [-0.4, -0.2) is 13.6 Å². The first-order chi connectivity index (χ1) is 12.3. The average Bonchev–Trinajstić information content (AvgIpc) is 2.64. The van der Waals surface area contributed by atoms with Crippen LogP contribution < -0.4 is 4.90 Å². The van der Waals surface area contributed by atoms with E-state index >= 15 is 0 Å². The molecule has 0 saturated carbocycles. The lowest BCUT2D eigenvalue weighted by molar-refractivity contribution is -0.137. The summed E-state index contributed by atoms with van der Waals surface area (Å²) in [5.41, 5.74) is 1.20. The van der Waals surface area contributed by atoms with E-state index in [0.717, 1.165) is 17.8 Å². The van der Waals surface area contributed by atoms with Gasteiger partial charge in [0.2, 0.25) is 0 Å². The highest BCUT2D eigenvalue weighted by molar-refractivity contribution is 5.89. The largest absolute Gasteiger partial charge is 0.416 e. The molecule has 0 amide bonds. The van der Waals surface area contributed by atoms with Gasteiger partial charge in [0.05, 0.1) is 29.7 Å². The van der Waals surface area contributed by atoms with Crippen molar-refractivity contribution in [2.24, 2.45) is 0 Å². The fraction of sp³-hybridized carbons (Fsp3) is 0.200. The molecular weight excluding hydrogens is 339 g/mol. The van der Waals surface area contributed by atoms with Crippen molar-refractivity contribution >= 4 is 17.3 Å². The van der Waals surface area contributed by atoms with Crippen molar-refractivity contribution in [3.63, 3.8) is 0 Å². The maximum Gasteiger partial charge on any atom is 0.416 e. The van der Waals surface area contributed by atoms with E-state index in [9.17, 15) is 18.4 Å². The third kappa shape index (κ3) is 4.87. The molecule has 0 radical (unpaired) electrons. The summed E-state index contributed by atoms with van der Waals surface area (Å²) >= 11 is 0. The molecule has 0 saturated heterocycles. The molecule has 2 aromatic carbocycles. The van der Waals surface area contributed by atoms with E-state index in [1.165, 1.54) is 12.1 Å². The fourth-order valence-electron chi connectivity index (χ4n) is 2.38. The Kier molecular flexibility index (Phi) is 6.03. The Balaban J connectivity index is 2.27. The van der Waals surface area contributed by atoms with Crippen LogP contribution in [0.1, 0.15) is 23.1 Å². The van der Waals surface area contributed by atoms with Crippen molar-refractivity contribution in [3.05, 3.63) is 65.2 Å². The number of nitrogens with zero attached hydrogens (tertiary/aromatic N) is 3. The highest BCUT2D eigenvalue weighted by Gasteiger charge is 2.30. The first-order valence-electron chi connectivity index (χ1n) is 7.82. The predicted octanol–water partition coefficient (Wildman–Crippen LogP) is 5.12. The number of allylic oxidation sites excluding steroid dienone is 1. The summed E-state index contributed by atoms with van der Waals surface area (Å²) in [7, 11) is 1.87. The minimum absolute atomic E-state index is 0.154. The van der Waals surface area contributed by atoms with Gasteiger partial charge in [-0.3, -0.25) is 0 Å². The summed E-state index contributed by atoms with van der Waals surface area (Å²) in [5, 5.41) is 18.0. The molecule has 0 aliphatic rings. The number of hydrogen-bond donors (Lipinski definition) is 0. The molecule has 2 rings (SSSR count). The molecule has 0 aromatic heterocycles. The summed E-state index contributed by atoms with van der Waals surface area (Å²) in [4.78, 5) is 1.93. The molecule has 0 heterocycles. The number of benzene rings is 2. The summed E-state index contributed by atoms with van der Waals surface area (Å²) in [6.45, 7) is 0.597. The maximum absolute atomic E-state index is 12.8. The van der Waals surface area contributed by atoms with Crippen LogP contribution in [0.25, 0.3) is 11.6 Å². The Morgan fingerprint density at radius 3 is 2.38 bits per heavy atom. The van der Waals surface area contributed by atoms with Gasteiger partial charge in [-0.15, -0.1) is 0 Å². The maximum atomic E-state index is 12.8. The first kappa shape index (κ1) is 19.1. The van der Waals surface area contributed by atoms with E-state index in [-0.39, 0.29) is 11.1 Å². The average molecular weight is 355 g/mol. The number of rotatable bonds is 5. The van der Waals surface area contributed by atoms with E-state index in [0.29, 0.717) is 18.5 Å². The zero-order valence-corrected chi connectivity index (χ0v) is 14.1. The molecular formula is C20H16F3N3. The van der Waals surface area contributed by atoms with Crippen molar-refractivity contribution < 1.29 is 13.2 Å². The molecule has 26 heavy (non-hydrogen) atoms. The Hall–Kier alpha value is -3.25. The van der Waals surface area contributed by atoms with Gasteiger partial charge < -0.3 is 4.90 Å². The van der Waals surface area contributed by atoms with E-state index in [1.807, 2.05) is 30.1 Å². The van der Waals surface area contributed by atoms with Crippen molar-refractivity contribution in [2.75, 3.05) is 18.5 Å². The van der Waals surface area contributed by atoms with E-state index in [2.05, 4.69) is 6.07 Å². The summed E-state index contributed by atoms with van der Waals surface area (Å²) in [6.07, 6.45) is -2.49. The molecule has 3 nitrogen and oxygen atoms in total.